The van der Waals surface area contributed by atoms with E-state index in [0.717, 1.165) is 0 Å². The number of anilines is 2. The number of hydrogen-bond acceptors (Lipinski definition) is 7. The van der Waals surface area contributed by atoms with Crippen LogP contribution in [0.1, 0.15) is 57.4 Å². The predicted molar refractivity (Wildman–Crippen MR) is 146 cm³/mol. The number of halogens is 1. The quantitative estimate of drug-likeness (QED) is 0.354. The van der Waals surface area contributed by atoms with Gasteiger partial charge in [-0.05, 0) is 45.4 Å². The SMILES string of the molecule is CCC(C)(C)NC(=O)[C@H](c1ccccc1Cl)N(C(=O)CCC(=O)Nc1cc(C)on1)c1ccc2c(c1)OCO2. The zero-order valence-electron chi connectivity index (χ0n) is 22.2. The number of fused-ring (bicyclic) bond motifs is 1. The molecule has 0 saturated carbocycles. The molecule has 2 aromatic carbocycles. The minimum Gasteiger partial charge on any atom is -0.454 e. The van der Waals surface area contributed by atoms with E-state index in [1.165, 1.54) is 4.90 Å². The van der Waals surface area contributed by atoms with E-state index in [9.17, 15) is 14.4 Å². The fourth-order valence-corrected chi connectivity index (χ4v) is 4.27. The summed E-state index contributed by atoms with van der Waals surface area (Å²) in [5, 5.41) is 9.72. The summed E-state index contributed by atoms with van der Waals surface area (Å²) in [5.74, 6) is 0.467. The second-order valence-corrected chi connectivity index (χ2v) is 10.2. The number of hydrogen-bond donors (Lipinski definition) is 2. The number of aromatic nitrogens is 1. The summed E-state index contributed by atoms with van der Waals surface area (Å²) in [6, 6.07) is 12.3. The molecule has 0 unspecified atom stereocenters. The Bertz CT molecular complexity index is 1370. The number of amides is 3. The lowest BCUT2D eigenvalue weighted by Gasteiger charge is -2.35. The van der Waals surface area contributed by atoms with Gasteiger partial charge in [0.1, 0.15) is 11.8 Å². The van der Waals surface area contributed by atoms with Crippen LogP contribution in [0, 0.1) is 6.92 Å². The number of nitrogens with zero attached hydrogens (tertiary/aromatic N) is 2. The summed E-state index contributed by atoms with van der Waals surface area (Å²) < 4.78 is 15.9. The monoisotopic (exact) mass is 554 g/mol. The van der Waals surface area contributed by atoms with Gasteiger partial charge >= 0.3 is 0 Å². The van der Waals surface area contributed by atoms with E-state index in [-0.39, 0.29) is 25.5 Å². The molecule has 0 radical (unpaired) electrons. The molecule has 206 valence electrons. The molecule has 0 fully saturated rings. The molecule has 2 N–H and O–H groups in total. The first kappa shape index (κ1) is 28.0. The molecule has 39 heavy (non-hydrogen) atoms. The Hall–Kier alpha value is -4.05. The van der Waals surface area contributed by atoms with Gasteiger partial charge in [-0.25, -0.2) is 0 Å². The highest BCUT2D eigenvalue weighted by Crippen LogP contribution is 2.39. The van der Waals surface area contributed by atoms with Crippen molar-refractivity contribution >= 4 is 40.8 Å². The van der Waals surface area contributed by atoms with E-state index in [4.69, 9.17) is 25.6 Å². The highest BCUT2D eigenvalue weighted by Gasteiger charge is 2.36. The molecular weight excluding hydrogens is 524 g/mol. The van der Waals surface area contributed by atoms with Gasteiger partial charge in [-0.15, -0.1) is 0 Å². The molecule has 1 atom stereocenters. The first-order chi connectivity index (χ1) is 18.6. The van der Waals surface area contributed by atoms with Gasteiger partial charge in [0.15, 0.2) is 17.3 Å². The fraction of sp³-hybridized carbons (Fsp3) is 0.357. The molecule has 10 nitrogen and oxygen atoms in total. The Morgan fingerprint density at radius 1 is 1.08 bits per heavy atom. The van der Waals surface area contributed by atoms with Gasteiger partial charge in [0, 0.05) is 46.8 Å². The van der Waals surface area contributed by atoms with Crippen molar-refractivity contribution in [3.63, 3.8) is 0 Å². The third kappa shape index (κ3) is 6.69. The molecule has 4 rings (SSSR count). The highest BCUT2D eigenvalue weighted by molar-refractivity contribution is 6.31. The smallest absolute Gasteiger partial charge is 0.248 e. The van der Waals surface area contributed by atoms with Crippen LogP contribution in [0.15, 0.2) is 53.1 Å². The van der Waals surface area contributed by atoms with E-state index in [2.05, 4.69) is 15.8 Å². The van der Waals surface area contributed by atoms with Gasteiger partial charge in [0.25, 0.3) is 0 Å². The van der Waals surface area contributed by atoms with Crippen molar-refractivity contribution in [2.75, 3.05) is 17.0 Å². The summed E-state index contributed by atoms with van der Waals surface area (Å²) in [7, 11) is 0. The topological polar surface area (TPSA) is 123 Å². The van der Waals surface area contributed by atoms with E-state index in [1.807, 2.05) is 20.8 Å². The fourth-order valence-electron chi connectivity index (χ4n) is 4.03. The van der Waals surface area contributed by atoms with Crippen molar-refractivity contribution in [1.29, 1.82) is 0 Å². The zero-order chi connectivity index (χ0) is 28.2. The third-order valence-electron chi connectivity index (χ3n) is 6.42. The molecule has 1 aromatic heterocycles. The second kappa shape index (κ2) is 11.8. The number of ether oxygens (including phenoxy) is 2. The number of benzene rings is 2. The Kier molecular flexibility index (Phi) is 8.44. The number of aryl methyl sites for hydroxylation is 1. The maximum Gasteiger partial charge on any atom is 0.248 e. The van der Waals surface area contributed by atoms with Crippen molar-refractivity contribution in [3.05, 3.63) is 64.9 Å². The molecule has 0 saturated heterocycles. The molecule has 0 aliphatic carbocycles. The maximum atomic E-state index is 13.9. The lowest BCUT2D eigenvalue weighted by molar-refractivity contribution is -0.128. The largest absolute Gasteiger partial charge is 0.454 e. The van der Waals surface area contributed by atoms with Crippen LogP contribution < -0.4 is 25.0 Å². The molecule has 2 heterocycles. The van der Waals surface area contributed by atoms with Crippen LogP contribution in [0.25, 0.3) is 0 Å². The normalized spacial score (nSPS) is 13.1. The van der Waals surface area contributed by atoms with Crippen molar-refractivity contribution in [2.24, 2.45) is 0 Å². The van der Waals surface area contributed by atoms with Crippen molar-refractivity contribution in [3.8, 4) is 11.5 Å². The predicted octanol–water partition coefficient (Wildman–Crippen LogP) is 5.16. The summed E-state index contributed by atoms with van der Waals surface area (Å²) >= 11 is 6.58. The van der Waals surface area contributed by atoms with E-state index < -0.39 is 29.3 Å². The molecule has 11 heteroatoms. The number of nitrogens with one attached hydrogen (secondary N) is 2. The number of rotatable bonds is 10. The van der Waals surface area contributed by atoms with Crippen LogP contribution in [0.5, 0.6) is 11.5 Å². The van der Waals surface area contributed by atoms with E-state index in [1.54, 1.807) is 55.5 Å². The molecule has 3 amide bonds. The van der Waals surface area contributed by atoms with Crippen LogP contribution in [0.2, 0.25) is 5.02 Å². The molecular formula is C28H31ClN4O6. The first-order valence-electron chi connectivity index (χ1n) is 12.6. The van der Waals surface area contributed by atoms with Crippen LogP contribution in [-0.4, -0.2) is 35.2 Å². The Morgan fingerprint density at radius 3 is 2.51 bits per heavy atom. The summed E-state index contributed by atoms with van der Waals surface area (Å²) in [5.41, 5.74) is 0.291. The zero-order valence-corrected chi connectivity index (χ0v) is 23.0. The van der Waals surface area contributed by atoms with Crippen LogP contribution >= 0.6 is 11.6 Å². The minimum atomic E-state index is -1.13. The first-order valence-corrected chi connectivity index (χ1v) is 13.0. The third-order valence-corrected chi connectivity index (χ3v) is 6.76. The van der Waals surface area contributed by atoms with Crippen LogP contribution in [0.4, 0.5) is 11.5 Å². The summed E-state index contributed by atoms with van der Waals surface area (Å²) in [6.45, 7) is 7.51. The lowest BCUT2D eigenvalue weighted by atomic mass is 9.97. The number of carbonyl (C=O) groups is 3. The van der Waals surface area contributed by atoms with Gasteiger partial charge in [-0.1, -0.05) is 41.9 Å². The van der Waals surface area contributed by atoms with Gasteiger partial charge in [0.2, 0.25) is 24.5 Å². The van der Waals surface area contributed by atoms with Gasteiger partial charge in [-0.2, -0.15) is 0 Å². The van der Waals surface area contributed by atoms with Gasteiger partial charge in [-0.3, -0.25) is 19.3 Å². The van der Waals surface area contributed by atoms with Crippen molar-refractivity contribution in [1.82, 2.24) is 10.5 Å². The second-order valence-electron chi connectivity index (χ2n) is 9.82. The Balaban J connectivity index is 1.70. The lowest BCUT2D eigenvalue weighted by Crippen LogP contribution is -2.50. The molecule has 0 spiro atoms. The van der Waals surface area contributed by atoms with Crippen LogP contribution in [0.3, 0.4) is 0 Å². The molecule has 0 bridgehead atoms. The van der Waals surface area contributed by atoms with Crippen LogP contribution in [-0.2, 0) is 14.4 Å². The molecule has 3 aromatic rings. The minimum absolute atomic E-state index is 0.0492. The maximum absolute atomic E-state index is 13.9. The Labute approximate surface area is 231 Å². The van der Waals surface area contributed by atoms with E-state index >= 15 is 0 Å². The highest BCUT2D eigenvalue weighted by atomic mass is 35.5. The average molecular weight is 555 g/mol. The van der Waals surface area contributed by atoms with Crippen molar-refractivity contribution in [2.45, 2.75) is 58.5 Å². The Morgan fingerprint density at radius 2 is 1.82 bits per heavy atom. The van der Waals surface area contributed by atoms with Crippen molar-refractivity contribution < 1.29 is 28.4 Å². The average Bonchev–Trinajstić information content (AvgIpc) is 3.54. The standard InChI is InChI=1S/C28H31ClN4O6/c1-5-28(3,4)31-27(36)26(19-8-6-7-9-20(19)29)33(18-10-11-21-22(15-18)38-16-37-21)25(35)13-12-24(34)30-23-14-17(2)39-32-23/h6-11,14-15,26H,5,12-13,16H2,1-4H3,(H,31,36)(H,30,32,34)/t26-/m0/s1. The van der Waals surface area contributed by atoms with Gasteiger partial charge in [0.05, 0.1) is 0 Å². The number of carbonyl (C=O) groups excluding carboxylic acids is 3. The summed E-state index contributed by atoms with van der Waals surface area (Å²) in [6.07, 6.45) is 0.319. The molecule has 1 aliphatic rings. The van der Waals surface area contributed by atoms with Gasteiger partial charge < -0.3 is 24.6 Å². The van der Waals surface area contributed by atoms with E-state index in [0.29, 0.717) is 40.0 Å². The summed E-state index contributed by atoms with van der Waals surface area (Å²) in [4.78, 5) is 41.7. The molecule has 1 aliphatic heterocycles.